The zero-order valence-corrected chi connectivity index (χ0v) is 14.5. The Hall–Kier alpha value is -3.05. The molecular formula is C21H19N3O2. The third-order valence-corrected chi connectivity index (χ3v) is 4.56. The van der Waals surface area contributed by atoms with Gasteiger partial charge in [0.05, 0.1) is 12.2 Å². The molecule has 26 heavy (non-hydrogen) atoms. The third kappa shape index (κ3) is 3.09. The Morgan fingerprint density at radius 1 is 1.04 bits per heavy atom. The lowest BCUT2D eigenvalue weighted by atomic mass is 10.1. The Kier molecular flexibility index (Phi) is 4.46. The first-order chi connectivity index (χ1) is 12.8. The van der Waals surface area contributed by atoms with E-state index in [0.29, 0.717) is 18.9 Å². The summed E-state index contributed by atoms with van der Waals surface area (Å²) in [6, 6.07) is 19.4. The van der Waals surface area contributed by atoms with Gasteiger partial charge in [0.15, 0.2) is 11.9 Å². The van der Waals surface area contributed by atoms with Crippen LogP contribution >= 0.6 is 0 Å². The van der Waals surface area contributed by atoms with Crippen molar-refractivity contribution in [3.63, 3.8) is 0 Å². The fourth-order valence-electron chi connectivity index (χ4n) is 3.21. The number of hydrogen-bond donors (Lipinski definition) is 0. The molecule has 0 saturated carbocycles. The molecule has 4 rings (SSSR count). The van der Waals surface area contributed by atoms with Crippen LogP contribution in [-0.2, 0) is 22.6 Å². The summed E-state index contributed by atoms with van der Waals surface area (Å²) in [7, 11) is 1.56. The van der Waals surface area contributed by atoms with Crippen molar-refractivity contribution in [3.05, 3.63) is 83.7 Å². The number of fused-ring (bicyclic) bond motifs is 1. The number of hydrogen-bond acceptors (Lipinski definition) is 4. The number of nitrogens with zero attached hydrogens (tertiary/aromatic N) is 3. The molecule has 1 aliphatic rings. The van der Waals surface area contributed by atoms with Gasteiger partial charge in [-0.25, -0.2) is 9.97 Å². The molecule has 1 aliphatic heterocycles. The van der Waals surface area contributed by atoms with Gasteiger partial charge in [0.2, 0.25) is 0 Å². The summed E-state index contributed by atoms with van der Waals surface area (Å²) in [4.78, 5) is 23.9. The minimum absolute atomic E-state index is 0.0574. The lowest BCUT2D eigenvalue weighted by Gasteiger charge is -2.22. The molecule has 5 heteroatoms. The number of carbonyl (C=O) groups excluding carboxylic acids is 1. The number of amides is 1. The molecule has 0 radical (unpaired) electrons. The summed E-state index contributed by atoms with van der Waals surface area (Å²) in [6.45, 7) is 0.985. The Balaban J connectivity index is 1.56. The number of carbonyl (C=O) groups is 1. The van der Waals surface area contributed by atoms with E-state index in [1.165, 1.54) is 0 Å². The second-order valence-corrected chi connectivity index (χ2v) is 6.25. The van der Waals surface area contributed by atoms with E-state index in [9.17, 15) is 4.79 Å². The molecular weight excluding hydrogens is 326 g/mol. The molecule has 1 atom stereocenters. The summed E-state index contributed by atoms with van der Waals surface area (Å²) < 4.78 is 5.48. The zero-order chi connectivity index (χ0) is 17.9. The predicted octanol–water partition coefficient (Wildman–Crippen LogP) is 3.37. The average Bonchev–Trinajstić information content (AvgIpc) is 3.13. The van der Waals surface area contributed by atoms with Gasteiger partial charge in [-0.1, -0.05) is 60.7 Å². The van der Waals surface area contributed by atoms with E-state index >= 15 is 0 Å². The van der Waals surface area contributed by atoms with Crippen LogP contribution in [0.4, 0.5) is 0 Å². The van der Waals surface area contributed by atoms with Crippen LogP contribution in [0.3, 0.4) is 0 Å². The highest BCUT2D eigenvalue weighted by Gasteiger charge is 2.31. The largest absolute Gasteiger partial charge is 0.367 e. The van der Waals surface area contributed by atoms with Gasteiger partial charge in [0.25, 0.3) is 5.91 Å². The van der Waals surface area contributed by atoms with Gasteiger partial charge in [-0.15, -0.1) is 0 Å². The van der Waals surface area contributed by atoms with Crippen molar-refractivity contribution in [2.45, 2.75) is 19.2 Å². The van der Waals surface area contributed by atoms with Crippen molar-refractivity contribution in [2.75, 3.05) is 7.11 Å². The highest BCUT2D eigenvalue weighted by atomic mass is 16.5. The maximum absolute atomic E-state index is 13.0. The summed E-state index contributed by atoms with van der Waals surface area (Å²) in [5, 5.41) is 0. The van der Waals surface area contributed by atoms with Crippen LogP contribution in [0.25, 0.3) is 11.4 Å². The molecule has 0 aliphatic carbocycles. The monoisotopic (exact) mass is 345 g/mol. The number of methoxy groups -OCH3 is 1. The number of ether oxygens (including phenoxy) is 1. The molecule has 3 aromatic rings. The summed E-state index contributed by atoms with van der Waals surface area (Å²) in [5.74, 6) is 0.628. The maximum atomic E-state index is 13.0. The number of benzene rings is 2. The van der Waals surface area contributed by atoms with Gasteiger partial charge >= 0.3 is 0 Å². The van der Waals surface area contributed by atoms with Crippen molar-refractivity contribution < 1.29 is 9.53 Å². The van der Waals surface area contributed by atoms with Gasteiger partial charge in [0.1, 0.15) is 0 Å². The fourth-order valence-corrected chi connectivity index (χ4v) is 3.21. The van der Waals surface area contributed by atoms with E-state index in [1.54, 1.807) is 12.0 Å². The van der Waals surface area contributed by atoms with Crippen LogP contribution in [0.2, 0.25) is 0 Å². The molecule has 0 bridgehead atoms. The van der Waals surface area contributed by atoms with Crippen molar-refractivity contribution in [1.29, 1.82) is 0 Å². The zero-order valence-electron chi connectivity index (χ0n) is 14.5. The standard InChI is InChI=1S/C21H19N3O2/c1-26-19(15-8-4-2-5-9-15)21(25)24-13-17-12-22-20(23-18(17)14-24)16-10-6-3-7-11-16/h2-12,19H,13-14H2,1H3/t19-/m1/s1. The van der Waals surface area contributed by atoms with Crippen LogP contribution in [0, 0.1) is 0 Å². The predicted molar refractivity (Wildman–Crippen MR) is 97.9 cm³/mol. The van der Waals surface area contributed by atoms with Crippen molar-refractivity contribution >= 4 is 5.91 Å². The Bertz CT molecular complexity index is 913. The minimum atomic E-state index is -0.605. The van der Waals surface area contributed by atoms with E-state index < -0.39 is 6.10 Å². The summed E-state index contributed by atoms with van der Waals surface area (Å²) >= 11 is 0. The molecule has 2 aromatic carbocycles. The molecule has 0 fully saturated rings. The minimum Gasteiger partial charge on any atom is -0.367 e. The topological polar surface area (TPSA) is 55.3 Å². The van der Waals surface area contributed by atoms with Gasteiger partial charge < -0.3 is 9.64 Å². The van der Waals surface area contributed by atoms with Crippen LogP contribution in [-0.4, -0.2) is 27.9 Å². The molecule has 0 spiro atoms. The smallest absolute Gasteiger partial charge is 0.256 e. The van der Waals surface area contributed by atoms with E-state index in [2.05, 4.69) is 9.97 Å². The quantitative estimate of drug-likeness (QED) is 0.727. The van der Waals surface area contributed by atoms with Gasteiger partial charge in [0, 0.05) is 31.0 Å². The first-order valence-electron chi connectivity index (χ1n) is 8.53. The second kappa shape index (κ2) is 7.06. The SMILES string of the molecule is CO[C@@H](C(=O)N1Cc2cnc(-c3ccccc3)nc2C1)c1ccccc1. The average molecular weight is 345 g/mol. The van der Waals surface area contributed by atoms with Gasteiger partial charge in [-0.05, 0) is 5.56 Å². The van der Waals surface area contributed by atoms with Crippen LogP contribution < -0.4 is 0 Å². The summed E-state index contributed by atoms with van der Waals surface area (Å²) in [5.41, 5.74) is 3.71. The van der Waals surface area contributed by atoms with Crippen LogP contribution in [0.15, 0.2) is 66.9 Å². The lowest BCUT2D eigenvalue weighted by Crippen LogP contribution is -2.31. The highest BCUT2D eigenvalue weighted by molar-refractivity contribution is 5.83. The number of aromatic nitrogens is 2. The Labute approximate surface area is 152 Å². The molecule has 2 heterocycles. The normalized spacial score (nSPS) is 14.1. The van der Waals surface area contributed by atoms with Crippen molar-refractivity contribution in [2.24, 2.45) is 0 Å². The fraction of sp³-hybridized carbons (Fsp3) is 0.190. The molecule has 0 unspecified atom stereocenters. The molecule has 1 amide bonds. The molecule has 130 valence electrons. The Morgan fingerprint density at radius 2 is 1.73 bits per heavy atom. The maximum Gasteiger partial charge on any atom is 0.256 e. The molecule has 0 N–H and O–H groups in total. The highest BCUT2D eigenvalue weighted by Crippen LogP contribution is 2.27. The number of rotatable bonds is 4. The first kappa shape index (κ1) is 16.4. The van der Waals surface area contributed by atoms with Crippen molar-refractivity contribution in [3.8, 4) is 11.4 Å². The van der Waals surface area contributed by atoms with Crippen LogP contribution in [0.5, 0.6) is 0 Å². The van der Waals surface area contributed by atoms with Gasteiger partial charge in [-0.3, -0.25) is 4.79 Å². The summed E-state index contributed by atoms with van der Waals surface area (Å²) in [6.07, 6.45) is 1.22. The van der Waals surface area contributed by atoms with Crippen molar-refractivity contribution in [1.82, 2.24) is 14.9 Å². The molecule has 1 aromatic heterocycles. The lowest BCUT2D eigenvalue weighted by molar-refractivity contribution is -0.143. The molecule has 5 nitrogen and oxygen atoms in total. The first-order valence-corrected chi connectivity index (χ1v) is 8.53. The van der Waals surface area contributed by atoms with E-state index in [1.807, 2.05) is 66.9 Å². The second-order valence-electron chi connectivity index (χ2n) is 6.25. The van der Waals surface area contributed by atoms with E-state index in [-0.39, 0.29) is 5.91 Å². The Morgan fingerprint density at radius 3 is 2.42 bits per heavy atom. The third-order valence-electron chi connectivity index (χ3n) is 4.56. The van der Waals surface area contributed by atoms with E-state index in [4.69, 9.17) is 4.74 Å². The van der Waals surface area contributed by atoms with Gasteiger partial charge in [-0.2, -0.15) is 0 Å². The van der Waals surface area contributed by atoms with Crippen LogP contribution in [0.1, 0.15) is 22.9 Å². The van der Waals surface area contributed by atoms with E-state index in [0.717, 1.165) is 22.4 Å². The molecule has 0 saturated heterocycles.